The maximum atomic E-state index is 13.0. The molecule has 3 aromatic rings. The van der Waals surface area contributed by atoms with Crippen molar-refractivity contribution in [1.82, 2.24) is 4.98 Å². The van der Waals surface area contributed by atoms with E-state index in [2.05, 4.69) is 4.98 Å². The van der Waals surface area contributed by atoms with Crippen molar-refractivity contribution in [3.8, 4) is 0 Å². The standard InChI is InChI=1S/C18H11Cl3N2O3S2/c19-8-5-9(20)17-16(15(8)21)22-13(28-17)7-23-10-3-1-2-4-11(10)27-12(18(23)26)6-14(24)25/h1-5,12H,6-7H2,(H,24,25). The number of fused-ring (bicyclic) bond motifs is 2. The number of para-hydroxylation sites is 1. The van der Waals surface area contributed by atoms with Crippen molar-refractivity contribution in [1.29, 1.82) is 0 Å². The van der Waals surface area contributed by atoms with Crippen LogP contribution in [0.25, 0.3) is 10.2 Å². The van der Waals surface area contributed by atoms with Crippen LogP contribution in [0.2, 0.25) is 15.1 Å². The summed E-state index contributed by atoms with van der Waals surface area (Å²) in [7, 11) is 0. The van der Waals surface area contributed by atoms with Crippen LogP contribution < -0.4 is 4.90 Å². The topological polar surface area (TPSA) is 70.5 Å². The van der Waals surface area contributed by atoms with E-state index >= 15 is 0 Å². The van der Waals surface area contributed by atoms with Gasteiger partial charge < -0.3 is 10.0 Å². The van der Waals surface area contributed by atoms with Gasteiger partial charge in [0.25, 0.3) is 0 Å². The van der Waals surface area contributed by atoms with Gasteiger partial charge in [-0.25, -0.2) is 4.98 Å². The first kappa shape index (κ1) is 19.8. The molecular formula is C18H11Cl3N2O3S2. The quantitative estimate of drug-likeness (QED) is 0.489. The molecule has 0 bridgehead atoms. The number of carbonyl (C=O) groups is 2. The second-order valence-corrected chi connectivity index (χ2v) is 9.56. The van der Waals surface area contributed by atoms with Gasteiger partial charge in [0.2, 0.25) is 5.91 Å². The molecule has 1 unspecified atom stereocenters. The van der Waals surface area contributed by atoms with E-state index in [1.807, 2.05) is 24.3 Å². The summed E-state index contributed by atoms with van der Waals surface area (Å²) in [5.41, 5.74) is 1.22. The highest BCUT2D eigenvalue weighted by molar-refractivity contribution is 8.01. The van der Waals surface area contributed by atoms with Gasteiger partial charge in [-0.2, -0.15) is 0 Å². The Balaban J connectivity index is 1.74. The van der Waals surface area contributed by atoms with Gasteiger partial charge in [0.1, 0.15) is 10.5 Å². The van der Waals surface area contributed by atoms with Crippen molar-refractivity contribution in [2.45, 2.75) is 23.1 Å². The van der Waals surface area contributed by atoms with E-state index < -0.39 is 11.2 Å². The first-order valence-electron chi connectivity index (χ1n) is 8.07. The monoisotopic (exact) mass is 472 g/mol. The van der Waals surface area contributed by atoms with E-state index in [-0.39, 0.29) is 18.9 Å². The number of thioether (sulfide) groups is 1. The summed E-state index contributed by atoms with van der Waals surface area (Å²) in [6.45, 7) is 0.191. The van der Waals surface area contributed by atoms with Crippen molar-refractivity contribution in [3.05, 3.63) is 50.4 Å². The van der Waals surface area contributed by atoms with E-state index in [9.17, 15) is 9.59 Å². The SMILES string of the molecule is O=C(O)CC1Sc2ccccc2N(Cc2nc3c(Cl)c(Cl)cc(Cl)c3s2)C1=O. The Morgan fingerprint density at radius 3 is 2.71 bits per heavy atom. The highest BCUT2D eigenvalue weighted by atomic mass is 35.5. The summed E-state index contributed by atoms with van der Waals surface area (Å²) in [4.78, 5) is 31.1. The molecule has 2 aromatic carbocycles. The van der Waals surface area contributed by atoms with Gasteiger partial charge in [0.15, 0.2) is 0 Å². The third-order valence-corrected chi connectivity index (χ3v) is 7.69. The highest BCUT2D eigenvalue weighted by Gasteiger charge is 2.35. The van der Waals surface area contributed by atoms with E-state index in [1.165, 1.54) is 23.1 Å². The maximum absolute atomic E-state index is 13.0. The van der Waals surface area contributed by atoms with Crippen LogP contribution in [0.15, 0.2) is 35.2 Å². The molecular weight excluding hydrogens is 463 g/mol. The number of anilines is 1. The Bertz CT molecular complexity index is 1120. The summed E-state index contributed by atoms with van der Waals surface area (Å²) >= 11 is 21.2. The van der Waals surface area contributed by atoms with Crippen LogP contribution in [0.5, 0.6) is 0 Å². The smallest absolute Gasteiger partial charge is 0.305 e. The minimum absolute atomic E-state index is 0.191. The van der Waals surface area contributed by atoms with Gasteiger partial charge in [-0.3, -0.25) is 9.59 Å². The number of amides is 1. The molecule has 1 N–H and O–H groups in total. The van der Waals surface area contributed by atoms with Crippen molar-refractivity contribution in [2.75, 3.05) is 4.90 Å². The van der Waals surface area contributed by atoms with Gasteiger partial charge >= 0.3 is 5.97 Å². The molecule has 1 aliphatic heterocycles. The number of aromatic nitrogens is 1. The summed E-state index contributed by atoms with van der Waals surface area (Å²) in [5, 5.41) is 10.2. The van der Waals surface area contributed by atoms with Gasteiger partial charge in [0, 0.05) is 4.90 Å². The minimum atomic E-state index is -1.02. The fourth-order valence-electron chi connectivity index (χ4n) is 2.96. The van der Waals surface area contributed by atoms with Gasteiger partial charge in [0.05, 0.1) is 43.7 Å². The van der Waals surface area contributed by atoms with Crippen LogP contribution >= 0.6 is 57.9 Å². The van der Waals surface area contributed by atoms with Gasteiger partial charge in [-0.1, -0.05) is 46.9 Å². The molecule has 5 nitrogen and oxygen atoms in total. The molecule has 1 atom stereocenters. The molecule has 1 amide bonds. The van der Waals surface area contributed by atoms with E-state index in [0.717, 1.165) is 10.6 Å². The number of rotatable bonds is 4. The minimum Gasteiger partial charge on any atom is -0.481 e. The van der Waals surface area contributed by atoms with Crippen molar-refractivity contribution >= 4 is 85.7 Å². The summed E-state index contributed by atoms with van der Waals surface area (Å²) in [6.07, 6.45) is -0.249. The normalized spacial score (nSPS) is 16.5. The Hall–Kier alpha value is -1.51. The lowest BCUT2D eigenvalue weighted by atomic mass is 10.2. The van der Waals surface area contributed by atoms with Gasteiger partial charge in [-0.15, -0.1) is 23.1 Å². The predicted molar refractivity (Wildman–Crippen MR) is 114 cm³/mol. The second-order valence-electron chi connectivity index (χ2n) is 6.04. The van der Waals surface area contributed by atoms with Gasteiger partial charge in [-0.05, 0) is 18.2 Å². The Kier molecular flexibility index (Phi) is 5.46. The molecule has 1 aromatic heterocycles. The van der Waals surface area contributed by atoms with Crippen molar-refractivity contribution in [3.63, 3.8) is 0 Å². The number of thiazole rings is 1. The molecule has 4 rings (SSSR count). The molecule has 1 aliphatic rings. The summed E-state index contributed by atoms with van der Waals surface area (Å²) in [6, 6.07) is 8.97. The number of carboxylic acids is 1. The molecule has 10 heteroatoms. The largest absolute Gasteiger partial charge is 0.481 e. The average Bonchev–Trinajstić information content (AvgIpc) is 3.07. The zero-order chi connectivity index (χ0) is 20.0. The Labute approximate surface area is 183 Å². The number of benzene rings is 2. The molecule has 28 heavy (non-hydrogen) atoms. The van der Waals surface area contributed by atoms with Crippen LogP contribution in [0.3, 0.4) is 0 Å². The maximum Gasteiger partial charge on any atom is 0.305 e. The van der Waals surface area contributed by atoms with Crippen LogP contribution in [0.4, 0.5) is 5.69 Å². The Morgan fingerprint density at radius 1 is 1.21 bits per heavy atom. The lowest BCUT2D eigenvalue weighted by Gasteiger charge is -2.32. The molecule has 0 aliphatic carbocycles. The third kappa shape index (κ3) is 3.57. The van der Waals surface area contributed by atoms with E-state index in [1.54, 1.807) is 11.0 Å². The average molecular weight is 474 g/mol. The highest BCUT2D eigenvalue weighted by Crippen LogP contribution is 2.43. The number of hydrogen-bond acceptors (Lipinski definition) is 5. The zero-order valence-corrected chi connectivity index (χ0v) is 17.9. The number of carboxylic acid groups (broad SMARTS) is 1. The first-order valence-corrected chi connectivity index (χ1v) is 10.9. The lowest BCUT2D eigenvalue weighted by molar-refractivity contribution is -0.138. The number of halogens is 3. The molecule has 0 saturated heterocycles. The molecule has 2 heterocycles. The molecule has 0 radical (unpaired) electrons. The number of hydrogen-bond donors (Lipinski definition) is 1. The third-order valence-electron chi connectivity index (χ3n) is 4.18. The first-order chi connectivity index (χ1) is 13.3. The number of nitrogens with zero attached hydrogens (tertiary/aromatic N) is 2. The van der Waals surface area contributed by atoms with Crippen LogP contribution in [0, 0.1) is 0 Å². The molecule has 0 spiro atoms. The molecule has 144 valence electrons. The fourth-order valence-corrected chi connectivity index (χ4v) is 5.96. The van der Waals surface area contributed by atoms with Crippen LogP contribution in [0.1, 0.15) is 11.4 Å². The number of carbonyl (C=O) groups excluding carboxylic acids is 1. The fraction of sp³-hybridized carbons (Fsp3) is 0.167. The predicted octanol–water partition coefficient (Wildman–Crippen LogP) is 5.74. The van der Waals surface area contributed by atoms with Crippen LogP contribution in [-0.4, -0.2) is 27.2 Å². The van der Waals surface area contributed by atoms with E-state index in [0.29, 0.717) is 30.3 Å². The van der Waals surface area contributed by atoms with Crippen molar-refractivity contribution < 1.29 is 14.7 Å². The zero-order valence-electron chi connectivity index (χ0n) is 14.0. The lowest BCUT2D eigenvalue weighted by Crippen LogP contribution is -2.41. The van der Waals surface area contributed by atoms with Crippen LogP contribution in [-0.2, 0) is 16.1 Å². The summed E-state index contributed by atoms with van der Waals surface area (Å²) < 4.78 is 0.695. The molecule has 0 saturated carbocycles. The van der Waals surface area contributed by atoms with E-state index in [4.69, 9.17) is 39.9 Å². The summed E-state index contributed by atoms with van der Waals surface area (Å²) in [5.74, 6) is -1.28. The Morgan fingerprint density at radius 2 is 1.96 bits per heavy atom. The second kappa shape index (κ2) is 7.72. The molecule has 0 fully saturated rings. The van der Waals surface area contributed by atoms with Crippen molar-refractivity contribution in [2.24, 2.45) is 0 Å². The number of aliphatic carboxylic acids is 1.